The molecule has 1 atom stereocenters. The largest absolute Gasteiger partial charge is 0.493 e. The number of ether oxygens (including phenoxy) is 2. The van der Waals surface area contributed by atoms with Gasteiger partial charge in [0.25, 0.3) is 0 Å². The maximum atomic E-state index is 12.7. The molecule has 0 unspecified atom stereocenters. The minimum atomic E-state index is -0.158. The first-order valence-electron chi connectivity index (χ1n) is 9.68. The van der Waals surface area contributed by atoms with Crippen molar-refractivity contribution in [1.29, 1.82) is 0 Å². The van der Waals surface area contributed by atoms with Gasteiger partial charge in [0.1, 0.15) is 0 Å². The second kappa shape index (κ2) is 9.23. The summed E-state index contributed by atoms with van der Waals surface area (Å²) in [5.41, 5.74) is 2.98. The molecule has 1 amide bonds. The van der Waals surface area contributed by atoms with Crippen LogP contribution in [0, 0.1) is 5.92 Å². The van der Waals surface area contributed by atoms with Gasteiger partial charge in [0.15, 0.2) is 11.5 Å². The molecule has 0 spiro atoms. The molecule has 29 heavy (non-hydrogen) atoms. The molecule has 0 fully saturated rings. The molecule has 1 heterocycles. The van der Waals surface area contributed by atoms with E-state index in [1.54, 1.807) is 14.2 Å². The highest BCUT2D eigenvalue weighted by atomic mass is 35.5. The number of hydrogen-bond donors (Lipinski definition) is 2. The number of aromatic amines is 1. The smallest absolute Gasteiger partial charge is 0.220 e. The van der Waals surface area contributed by atoms with E-state index in [-0.39, 0.29) is 11.8 Å². The van der Waals surface area contributed by atoms with Gasteiger partial charge in [-0.1, -0.05) is 31.5 Å². The fourth-order valence-electron chi connectivity index (χ4n) is 3.46. The fourth-order valence-corrected chi connectivity index (χ4v) is 3.63. The van der Waals surface area contributed by atoms with Gasteiger partial charge >= 0.3 is 0 Å². The molecule has 0 aliphatic rings. The first kappa shape index (κ1) is 21.1. The molecule has 3 rings (SSSR count). The Morgan fingerprint density at radius 3 is 2.55 bits per heavy atom. The average molecular weight is 415 g/mol. The van der Waals surface area contributed by atoms with Crippen molar-refractivity contribution in [3.63, 3.8) is 0 Å². The van der Waals surface area contributed by atoms with Crippen LogP contribution in [0.4, 0.5) is 0 Å². The Bertz CT molecular complexity index is 997. The van der Waals surface area contributed by atoms with Crippen molar-refractivity contribution in [3.8, 4) is 11.5 Å². The summed E-state index contributed by atoms with van der Waals surface area (Å²) in [4.78, 5) is 16.0. The Morgan fingerprint density at radius 1 is 1.10 bits per heavy atom. The Kier molecular flexibility index (Phi) is 6.70. The number of halogens is 1. The molecular weight excluding hydrogens is 388 g/mol. The Hall–Kier alpha value is -2.66. The van der Waals surface area contributed by atoms with Crippen LogP contribution >= 0.6 is 11.6 Å². The summed E-state index contributed by atoms with van der Waals surface area (Å²) < 4.78 is 10.8. The van der Waals surface area contributed by atoms with Crippen LogP contribution in [0.3, 0.4) is 0 Å². The Morgan fingerprint density at radius 2 is 1.86 bits per heavy atom. The third kappa shape index (κ3) is 4.85. The maximum absolute atomic E-state index is 12.7. The highest BCUT2D eigenvalue weighted by molar-refractivity contribution is 6.31. The van der Waals surface area contributed by atoms with E-state index >= 15 is 0 Å². The number of fused-ring (bicyclic) bond motifs is 1. The van der Waals surface area contributed by atoms with Crippen molar-refractivity contribution in [3.05, 3.63) is 58.7 Å². The predicted octanol–water partition coefficient (Wildman–Crippen LogP) is 5.13. The van der Waals surface area contributed by atoms with E-state index in [0.29, 0.717) is 35.4 Å². The molecule has 3 aromatic rings. The van der Waals surface area contributed by atoms with Crippen molar-refractivity contribution >= 4 is 28.4 Å². The van der Waals surface area contributed by atoms with Crippen molar-refractivity contribution in [2.24, 2.45) is 5.92 Å². The molecule has 0 aliphatic carbocycles. The molecule has 0 bridgehead atoms. The molecule has 0 radical (unpaired) electrons. The van der Waals surface area contributed by atoms with E-state index in [0.717, 1.165) is 22.0 Å². The molecular formula is C23H27ClN2O3. The second-order valence-corrected chi connectivity index (χ2v) is 7.94. The molecule has 1 aromatic heterocycles. The summed E-state index contributed by atoms with van der Waals surface area (Å²) in [7, 11) is 3.22. The zero-order chi connectivity index (χ0) is 21.0. The van der Waals surface area contributed by atoms with Gasteiger partial charge in [0.05, 0.1) is 14.2 Å². The summed E-state index contributed by atoms with van der Waals surface area (Å²) in [5, 5.41) is 4.69. The second-order valence-electron chi connectivity index (χ2n) is 7.50. The maximum Gasteiger partial charge on any atom is 0.220 e. The van der Waals surface area contributed by atoms with Crippen molar-refractivity contribution in [1.82, 2.24) is 10.3 Å². The molecule has 0 saturated heterocycles. The summed E-state index contributed by atoms with van der Waals surface area (Å²) in [6.45, 7) is 4.80. The first-order chi connectivity index (χ1) is 13.9. The van der Waals surface area contributed by atoms with Gasteiger partial charge in [-0.2, -0.15) is 0 Å². The highest BCUT2D eigenvalue weighted by Crippen LogP contribution is 2.38. The van der Waals surface area contributed by atoms with Gasteiger partial charge in [-0.15, -0.1) is 0 Å². The van der Waals surface area contributed by atoms with E-state index in [1.807, 2.05) is 42.6 Å². The normalized spacial score (nSPS) is 12.2. The number of carbonyl (C=O) groups excluding carboxylic acids is 1. The summed E-state index contributed by atoms with van der Waals surface area (Å²) >= 11 is 6.25. The van der Waals surface area contributed by atoms with Gasteiger partial charge in [0, 0.05) is 41.0 Å². The topological polar surface area (TPSA) is 63.3 Å². The fraction of sp³-hybridized carbons (Fsp3) is 0.348. The van der Waals surface area contributed by atoms with Crippen LogP contribution in [0.25, 0.3) is 10.9 Å². The van der Waals surface area contributed by atoms with Crippen LogP contribution in [0.5, 0.6) is 11.5 Å². The standard InChI is InChI=1S/C23H27ClN2O3/c1-14(2)12-26-23(27)11-17(15-5-8-21(28-3)22(9-15)29-4)19-13-25-20-7-6-16(24)10-18(19)20/h5-10,13-14,17,25H,11-12H2,1-4H3,(H,26,27)/t17-/m1/s1. The van der Waals surface area contributed by atoms with Crippen molar-refractivity contribution in [2.75, 3.05) is 20.8 Å². The molecule has 0 saturated carbocycles. The van der Waals surface area contributed by atoms with E-state index in [9.17, 15) is 4.79 Å². The van der Waals surface area contributed by atoms with Gasteiger partial charge < -0.3 is 19.8 Å². The van der Waals surface area contributed by atoms with Crippen LogP contribution in [-0.4, -0.2) is 31.7 Å². The van der Waals surface area contributed by atoms with Crippen LogP contribution in [-0.2, 0) is 4.79 Å². The monoisotopic (exact) mass is 414 g/mol. The lowest BCUT2D eigenvalue weighted by Gasteiger charge is -2.19. The summed E-state index contributed by atoms with van der Waals surface area (Å²) in [6, 6.07) is 11.5. The summed E-state index contributed by atoms with van der Waals surface area (Å²) in [6.07, 6.45) is 2.28. The SMILES string of the molecule is COc1ccc([C@@H](CC(=O)NCC(C)C)c2c[nH]c3ccc(Cl)cc23)cc1OC. The molecule has 0 aliphatic heterocycles. The van der Waals surface area contributed by atoms with Crippen molar-refractivity contribution in [2.45, 2.75) is 26.2 Å². The summed E-state index contributed by atoms with van der Waals surface area (Å²) in [5.74, 6) is 1.53. The molecule has 6 heteroatoms. The third-order valence-electron chi connectivity index (χ3n) is 4.96. The lowest BCUT2D eigenvalue weighted by molar-refractivity contribution is -0.121. The number of aromatic nitrogens is 1. The van der Waals surface area contributed by atoms with Crippen LogP contribution in [0.1, 0.15) is 37.3 Å². The van der Waals surface area contributed by atoms with E-state index < -0.39 is 0 Å². The Labute approximate surface area is 176 Å². The van der Waals surface area contributed by atoms with E-state index in [4.69, 9.17) is 21.1 Å². The number of carbonyl (C=O) groups is 1. The Balaban J connectivity index is 2.04. The quantitative estimate of drug-likeness (QED) is 0.536. The zero-order valence-corrected chi connectivity index (χ0v) is 18.0. The predicted molar refractivity (Wildman–Crippen MR) is 117 cm³/mol. The number of benzene rings is 2. The number of methoxy groups -OCH3 is 2. The first-order valence-corrected chi connectivity index (χ1v) is 10.1. The van der Waals surface area contributed by atoms with Gasteiger partial charge in [-0.3, -0.25) is 4.79 Å². The number of H-pyrrole nitrogens is 1. The number of hydrogen-bond acceptors (Lipinski definition) is 3. The van der Waals surface area contributed by atoms with Crippen LogP contribution in [0.2, 0.25) is 5.02 Å². The van der Waals surface area contributed by atoms with Gasteiger partial charge in [-0.05, 0) is 47.4 Å². The minimum Gasteiger partial charge on any atom is -0.493 e. The number of amides is 1. The van der Waals surface area contributed by atoms with Gasteiger partial charge in [-0.25, -0.2) is 0 Å². The van der Waals surface area contributed by atoms with Crippen LogP contribution in [0.15, 0.2) is 42.6 Å². The van der Waals surface area contributed by atoms with E-state index in [2.05, 4.69) is 24.1 Å². The lowest BCUT2D eigenvalue weighted by atomic mass is 9.87. The molecule has 2 N–H and O–H groups in total. The van der Waals surface area contributed by atoms with Crippen LogP contribution < -0.4 is 14.8 Å². The molecule has 2 aromatic carbocycles. The highest BCUT2D eigenvalue weighted by Gasteiger charge is 2.23. The molecule has 5 nitrogen and oxygen atoms in total. The number of rotatable bonds is 8. The van der Waals surface area contributed by atoms with E-state index in [1.165, 1.54) is 0 Å². The van der Waals surface area contributed by atoms with Gasteiger partial charge in [0.2, 0.25) is 5.91 Å². The average Bonchev–Trinajstić information content (AvgIpc) is 3.12. The minimum absolute atomic E-state index is 0.00913. The number of nitrogens with one attached hydrogen (secondary N) is 2. The molecule has 154 valence electrons. The zero-order valence-electron chi connectivity index (χ0n) is 17.2. The van der Waals surface area contributed by atoms with Crippen molar-refractivity contribution < 1.29 is 14.3 Å². The third-order valence-corrected chi connectivity index (χ3v) is 5.19. The lowest BCUT2D eigenvalue weighted by Crippen LogP contribution is -2.28.